The molecule has 1 aromatic carbocycles. The van der Waals surface area contributed by atoms with Gasteiger partial charge in [-0.2, -0.15) is 0 Å². The predicted octanol–water partition coefficient (Wildman–Crippen LogP) is 2.90. The molecule has 4 saturated heterocycles. The summed E-state index contributed by atoms with van der Waals surface area (Å²) >= 11 is 0. The third-order valence-corrected chi connectivity index (χ3v) is 9.73. The van der Waals surface area contributed by atoms with E-state index in [0.29, 0.717) is 24.9 Å². The lowest BCUT2D eigenvalue weighted by atomic mass is 9.59. The minimum atomic E-state index is -1.04. The number of amides is 2. The topological polar surface area (TPSA) is 87.7 Å². The summed E-state index contributed by atoms with van der Waals surface area (Å²) in [6.07, 6.45) is 6.48. The highest BCUT2D eigenvalue weighted by molar-refractivity contribution is 6.17. The number of ether oxygens (including phenoxy) is 1. The van der Waals surface area contributed by atoms with Gasteiger partial charge in [-0.15, -0.1) is 0 Å². The molecule has 1 aromatic rings. The summed E-state index contributed by atoms with van der Waals surface area (Å²) in [6.45, 7) is 8.82. The quantitative estimate of drug-likeness (QED) is 0.639. The summed E-state index contributed by atoms with van der Waals surface area (Å²) in [4.78, 5) is 43.1. The number of benzene rings is 1. The number of nitrogens with zero attached hydrogens (tertiary/aromatic N) is 1. The number of piperazine rings is 1. The van der Waals surface area contributed by atoms with Crippen LogP contribution < -0.4 is 15.4 Å². The number of hydrogen-bond donors (Lipinski definition) is 2. The zero-order chi connectivity index (χ0) is 23.2. The number of Topliss-reactive ketones (excluding diaryl/α,β-unsaturated/α-hetero) is 1. The Balaban J connectivity index is 1.38. The molecule has 5 fully saturated rings. The van der Waals surface area contributed by atoms with Crippen LogP contribution in [0.4, 0.5) is 5.69 Å². The summed E-state index contributed by atoms with van der Waals surface area (Å²) in [7, 11) is 0. The van der Waals surface area contributed by atoms with Gasteiger partial charge in [0.05, 0.1) is 5.69 Å². The molecule has 172 valence electrons. The van der Waals surface area contributed by atoms with E-state index in [2.05, 4.69) is 24.5 Å². The third kappa shape index (κ3) is 1.91. The number of fused-ring (bicyclic) bond motifs is 4. The van der Waals surface area contributed by atoms with Crippen LogP contribution in [0.2, 0.25) is 0 Å². The van der Waals surface area contributed by atoms with Crippen molar-refractivity contribution < 1.29 is 19.1 Å². The molecule has 3 spiro atoms. The maximum atomic E-state index is 14.1. The molecule has 1 aliphatic carbocycles. The number of rotatable bonds is 0. The number of piperidine rings is 2. The average Bonchev–Trinajstić information content (AvgIpc) is 3.35. The molecule has 7 nitrogen and oxygen atoms in total. The normalized spacial score (nSPS) is 40.2. The molecule has 0 unspecified atom stereocenters. The zero-order valence-electron chi connectivity index (χ0n) is 19.5. The highest BCUT2D eigenvalue weighted by Gasteiger charge is 2.80. The van der Waals surface area contributed by atoms with Crippen LogP contribution in [-0.2, 0) is 9.59 Å². The van der Waals surface area contributed by atoms with E-state index in [0.717, 1.165) is 23.4 Å². The first-order chi connectivity index (χ1) is 15.5. The van der Waals surface area contributed by atoms with Crippen LogP contribution in [0, 0.1) is 11.3 Å². The summed E-state index contributed by atoms with van der Waals surface area (Å²) in [5.41, 5.74) is -1.42. The Morgan fingerprint density at radius 2 is 1.88 bits per heavy atom. The highest BCUT2D eigenvalue weighted by Crippen LogP contribution is 2.67. The van der Waals surface area contributed by atoms with Crippen molar-refractivity contribution >= 4 is 29.4 Å². The maximum absolute atomic E-state index is 14.1. The molecular weight excluding hydrogens is 418 g/mol. The standard InChI is InChI=1S/C26H29N3O4/c1-22(2)10-8-14-16(33-22)7-6-15-18(14)27-26(19(15)30)13-25-17(23(26,3)4)12-24(20(31)28-25)9-5-11-29(24)21(25)32/h6-8,10,17,27H,5,9,11-13H2,1-4H3,(H,28,31)/t17-,24+,25-,26-/m1/s1. The number of hydrogen-bond acceptors (Lipinski definition) is 5. The molecule has 6 aliphatic heterocycles. The second-order valence-electron chi connectivity index (χ2n) is 12.0. The molecule has 7 aliphatic rings. The fourth-order valence-electron chi connectivity index (χ4n) is 7.99. The Morgan fingerprint density at radius 3 is 2.67 bits per heavy atom. The van der Waals surface area contributed by atoms with E-state index in [1.807, 2.05) is 43.0 Å². The van der Waals surface area contributed by atoms with Crippen molar-refractivity contribution in [2.45, 2.75) is 75.6 Å². The van der Waals surface area contributed by atoms with Gasteiger partial charge >= 0.3 is 0 Å². The first-order valence-corrected chi connectivity index (χ1v) is 12.0. The smallest absolute Gasteiger partial charge is 0.249 e. The van der Waals surface area contributed by atoms with Gasteiger partial charge in [0.25, 0.3) is 0 Å². The van der Waals surface area contributed by atoms with Gasteiger partial charge in [0.15, 0.2) is 5.78 Å². The van der Waals surface area contributed by atoms with Gasteiger partial charge in [-0.05, 0) is 57.4 Å². The number of ketones is 1. The van der Waals surface area contributed by atoms with E-state index in [1.165, 1.54) is 0 Å². The van der Waals surface area contributed by atoms with Crippen LogP contribution in [0.1, 0.15) is 69.3 Å². The second kappa shape index (κ2) is 5.29. The van der Waals surface area contributed by atoms with Crippen LogP contribution in [0.3, 0.4) is 0 Å². The van der Waals surface area contributed by atoms with Crippen LogP contribution >= 0.6 is 0 Å². The van der Waals surface area contributed by atoms with E-state index in [1.54, 1.807) is 0 Å². The number of carbonyl (C=O) groups is 3. The molecule has 1 saturated carbocycles. The maximum Gasteiger partial charge on any atom is 0.249 e. The van der Waals surface area contributed by atoms with Crippen molar-refractivity contribution in [3.63, 3.8) is 0 Å². The lowest BCUT2D eigenvalue weighted by Gasteiger charge is -2.58. The molecule has 6 heterocycles. The van der Waals surface area contributed by atoms with Gasteiger partial charge in [-0.1, -0.05) is 13.8 Å². The van der Waals surface area contributed by atoms with Crippen molar-refractivity contribution in [2.75, 3.05) is 11.9 Å². The Hall–Kier alpha value is -2.83. The Bertz CT molecular complexity index is 1230. The molecular formula is C26H29N3O4. The lowest BCUT2D eigenvalue weighted by Crippen LogP contribution is -2.81. The van der Waals surface area contributed by atoms with Gasteiger partial charge in [-0.25, -0.2) is 0 Å². The van der Waals surface area contributed by atoms with Crippen molar-refractivity contribution in [2.24, 2.45) is 11.3 Å². The van der Waals surface area contributed by atoms with Crippen molar-refractivity contribution in [1.29, 1.82) is 0 Å². The van der Waals surface area contributed by atoms with Gasteiger partial charge < -0.3 is 20.3 Å². The Labute approximate surface area is 192 Å². The van der Waals surface area contributed by atoms with E-state index in [4.69, 9.17) is 4.74 Å². The second-order valence-corrected chi connectivity index (χ2v) is 12.0. The lowest BCUT2D eigenvalue weighted by molar-refractivity contribution is -0.175. The van der Waals surface area contributed by atoms with E-state index < -0.39 is 27.6 Å². The van der Waals surface area contributed by atoms with Gasteiger partial charge in [0, 0.05) is 35.4 Å². The first kappa shape index (κ1) is 19.6. The molecule has 2 amide bonds. The zero-order valence-corrected chi connectivity index (χ0v) is 19.5. The molecule has 4 atom stereocenters. The molecule has 33 heavy (non-hydrogen) atoms. The summed E-state index contributed by atoms with van der Waals surface area (Å²) in [5.74, 6) is 0.600. The van der Waals surface area contributed by atoms with E-state index >= 15 is 0 Å². The summed E-state index contributed by atoms with van der Waals surface area (Å²) in [6, 6.07) is 3.72. The Kier molecular flexibility index (Phi) is 3.14. The van der Waals surface area contributed by atoms with Crippen LogP contribution in [0.15, 0.2) is 18.2 Å². The Morgan fingerprint density at radius 1 is 1.09 bits per heavy atom. The fraction of sp³-hybridized carbons (Fsp3) is 0.577. The van der Waals surface area contributed by atoms with Crippen molar-refractivity contribution in [3.05, 3.63) is 29.3 Å². The molecule has 2 bridgehead atoms. The number of anilines is 1. The molecule has 7 heteroatoms. The number of carbonyl (C=O) groups excluding carboxylic acids is 3. The summed E-state index contributed by atoms with van der Waals surface area (Å²) in [5, 5.41) is 6.80. The van der Waals surface area contributed by atoms with Crippen LogP contribution in [0.25, 0.3) is 6.08 Å². The van der Waals surface area contributed by atoms with Crippen molar-refractivity contribution in [1.82, 2.24) is 10.2 Å². The van der Waals surface area contributed by atoms with E-state index in [-0.39, 0.29) is 29.9 Å². The van der Waals surface area contributed by atoms with E-state index in [9.17, 15) is 14.4 Å². The fourth-order valence-corrected chi connectivity index (χ4v) is 7.99. The molecule has 8 rings (SSSR count). The predicted molar refractivity (Wildman–Crippen MR) is 122 cm³/mol. The van der Waals surface area contributed by atoms with Gasteiger partial charge in [0.1, 0.15) is 28.0 Å². The first-order valence-electron chi connectivity index (χ1n) is 12.0. The monoisotopic (exact) mass is 447 g/mol. The minimum absolute atomic E-state index is 0.00152. The molecule has 0 radical (unpaired) electrons. The minimum Gasteiger partial charge on any atom is -0.483 e. The summed E-state index contributed by atoms with van der Waals surface area (Å²) < 4.78 is 6.15. The molecule has 2 N–H and O–H groups in total. The van der Waals surface area contributed by atoms with Crippen molar-refractivity contribution in [3.8, 4) is 5.75 Å². The third-order valence-electron chi connectivity index (χ3n) is 9.73. The van der Waals surface area contributed by atoms with Gasteiger partial charge in [0.2, 0.25) is 11.8 Å². The van der Waals surface area contributed by atoms with Gasteiger partial charge in [-0.3, -0.25) is 14.4 Å². The SMILES string of the molecule is CC1(C)C=Cc2c(ccc3c2N[C@]2(C[C@]45NC(=O)[C@]6(CCCN6C4=O)C[C@@H]5C2(C)C)C3=O)O1. The van der Waals surface area contributed by atoms with Crippen LogP contribution in [0.5, 0.6) is 5.75 Å². The largest absolute Gasteiger partial charge is 0.483 e. The average molecular weight is 448 g/mol. The number of nitrogens with one attached hydrogen (secondary N) is 2. The highest BCUT2D eigenvalue weighted by atomic mass is 16.5. The van der Waals surface area contributed by atoms with Crippen LogP contribution in [-0.4, -0.2) is 51.3 Å². The molecule has 0 aromatic heterocycles.